The van der Waals surface area contributed by atoms with Crippen molar-refractivity contribution in [1.29, 1.82) is 0 Å². The minimum Gasteiger partial charge on any atom is -0.356 e. The number of hydrogen-bond donors (Lipinski definition) is 2. The maximum absolute atomic E-state index is 13.2. The van der Waals surface area contributed by atoms with Crippen LogP contribution in [0, 0.1) is 5.82 Å². The molecule has 100 valence electrons. The largest absolute Gasteiger partial charge is 0.356 e. The van der Waals surface area contributed by atoms with E-state index in [9.17, 15) is 17.6 Å². The molecule has 0 saturated heterocycles. The second kappa shape index (κ2) is 6.46. The quantitative estimate of drug-likeness (QED) is 0.724. The molecule has 0 fully saturated rings. The molecular weight excluding hydrogens is 259 g/mol. The highest BCUT2D eigenvalue weighted by Gasteiger charge is 2.07. The Morgan fingerprint density at radius 2 is 2.00 bits per heavy atom. The van der Waals surface area contributed by atoms with E-state index in [4.69, 9.17) is 5.14 Å². The van der Waals surface area contributed by atoms with Gasteiger partial charge in [-0.25, -0.2) is 17.9 Å². The third-order valence-electron chi connectivity index (χ3n) is 2.24. The van der Waals surface area contributed by atoms with Crippen molar-refractivity contribution in [3.8, 4) is 0 Å². The molecular formula is C11H15FN2O3S. The van der Waals surface area contributed by atoms with E-state index in [1.165, 1.54) is 12.1 Å². The second-order valence-electron chi connectivity index (χ2n) is 3.84. The van der Waals surface area contributed by atoms with Crippen LogP contribution in [0.25, 0.3) is 0 Å². The first kappa shape index (κ1) is 14.6. The van der Waals surface area contributed by atoms with Crippen LogP contribution in [-0.4, -0.2) is 26.6 Å². The minimum absolute atomic E-state index is 0.0674. The Morgan fingerprint density at radius 1 is 1.33 bits per heavy atom. The third-order valence-corrected chi connectivity index (χ3v) is 3.09. The molecule has 1 amide bonds. The zero-order valence-corrected chi connectivity index (χ0v) is 10.5. The van der Waals surface area contributed by atoms with Gasteiger partial charge in [-0.05, 0) is 18.1 Å². The van der Waals surface area contributed by atoms with Crippen molar-refractivity contribution in [3.63, 3.8) is 0 Å². The van der Waals surface area contributed by atoms with Crippen molar-refractivity contribution in [1.82, 2.24) is 5.32 Å². The van der Waals surface area contributed by atoms with Gasteiger partial charge in [0.25, 0.3) is 0 Å². The SMILES string of the molecule is NS(=O)(=O)CCCNC(=O)Cc1ccccc1F. The summed E-state index contributed by atoms with van der Waals surface area (Å²) in [5.41, 5.74) is 0.307. The molecule has 0 aliphatic rings. The van der Waals surface area contributed by atoms with Crippen LogP contribution in [0.15, 0.2) is 24.3 Å². The number of nitrogens with two attached hydrogens (primary N) is 1. The van der Waals surface area contributed by atoms with Gasteiger partial charge in [0.2, 0.25) is 15.9 Å². The van der Waals surface area contributed by atoms with Gasteiger partial charge in [-0.3, -0.25) is 4.79 Å². The number of amides is 1. The van der Waals surface area contributed by atoms with Crippen LogP contribution in [0.2, 0.25) is 0 Å². The van der Waals surface area contributed by atoms with Gasteiger partial charge >= 0.3 is 0 Å². The summed E-state index contributed by atoms with van der Waals surface area (Å²) in [6, 6.07) is 6.00. The van der Waals surface area contributed by atoms with Crippen LogP contribution < -0.4 is 10.5 Å². The van der Waals surface area contributed by atoms with Gasteiger partial charge in [-0.1, -0.05) is 18.2 Å². The lowest BCUT2D eigenvalue weighted by Crippen LogP contribution is -2.28. The van der Waals surface area contributed by atoms with Crippen LogP contribution in [0.4, 0.5) is 4.39 Å². The average Bonchev–Trinajstić information content (AvgIpc) is 2.26. The molecule has 0 aliphatic carbocycles. The Kier molecular flexibility index (Phi) is 5.24. The Balaban J connectivity index is 2.33. The molecule has 18 heavy (non-hydrogen) atoms. The van der Waals surface area contributed by atoms with Crippen LogP contribution in [0.5, 0.6) is 0 Å². The van der Waals surface area contributed by atoms with Crippen molar-refractivity contribution in [3.05, 3.63) is 35.6 Å². The van der Waals surface area contributed by atoms with Gasteiger partial charge in [-0.15, -0.1) is 0 Å². The van der Waals surface area contributed by atoms with Gasteiger partial charge in [0, 0.05) is 6.54 Å². The minimum atomic E-state index is -3.50. The fraction of sp³-hybridized carbons (Fsp3) is 0.364. The van der Waals surface area contributed by atoms with Crippen LogP contribution in [-0.2, 0) is 21.2 Å². The molecule has 7 heteroatoms. The van der Waals surface area contributed by atoms with Gasteiger partial charge in [0.05, 0.1) is 12.2 Å². The first-order chi connectivity index (χ1) is 8.38. The van der Waals surface area contributed by atoms with Gasteiger partial charge < -0.3 is 5.32 Å². The third kappa shape index (κ3) is 5.74. The van der Waals surface area contributed by atoms with Crippen LogP contribution >= 0.6 is 0 Å². The second-order valence-corrected chi connectivity index (χ2v) is 5.57. The van der Waals surface area contributed by atoms with Gasteiger partial charge in [0.1, 0.15) is 5.82 Å². The molecule has 0 spiro atoms. The molecule has 0 aromatic heterocycles. The monoisotopic (exact) mass is 274 g/mol. The van der Waals surface area contributed by atoms with Gasteiger partial charge in [0.15, 0.2) is 0 Å². The number of carbonyl (C=O) groups excluding carboxylic acids is 1. The van der Waals surface area contributed by atoms with Gasteiger partial charge in [-0.2, -0.15) is 0 Å². The Hall–Kier alpha value is -1.47. The zero-order chi connectivity index (χ0) is 13.6. The summed E-state index contributed by atoms with van der Waals surface area (Å²) in [7, 11) is -3.50. The first-order valence-electron chi connectivity index (χ1n) is 5.39. The Bertz CT molecular complexity index is 517. The fourth-order valence-electron chi connectivity index (χ4n) is 1.38. The number of hydrogen-bond acceptors (Lipinski definition) is 3. The maximum Gasteiger partial charge on any atom is 0.224 e. The number of sulfonamides is 1. The zero-order valence-electron chi connectivity index (χ0n) is 9.73. The summed E-state index contributed by atoms with van der Waals surface area (Å²) in [5.74, 6) is -0.973. The van der Waals surface area contributed by atoms with E-state index in [0.717, 1.165) is 0 Å². The van der Waals surface area contributed by atoms with Crippen molar-refractivity contribution in [2.24, 2.45) is 5.14 Å². The first-order valence-corrected chi connectivity index (χ1v) is 7.10. The van der Waals surface area contributed by atoms with Crippen molar-refractivity contribution >= 4 is 15.9 Å². The summed E-state index contributed by atoms with van der Waals surface area (Å²) < 4.78 is 34.5. The molecule has 0 radical (unpaired) electrons. The molecule has 5 nitrogen and oxygen atoms in total. The summed E-state index contributed by atoms with van der Waals surface area (Å²) in [6.07, 6.45) is 0.171. The van der Waals surface area contributed by atoms with E-state index in [1.807, 2.05) is 0 Å². The standard InChI is InChI=1S/C11H15FN2O3S/c12-10-5-2-1-4-9(10)8-11(15)14-6-3-7-18(13,16)17/h1-2,4-5H,3,6-8H2,(H,14,15)(H2,13,16,17). The summed E-state index contributed by atoms with van der Waals surface area (Å²) in [6.45, 7) is 0.198. The number of halogens is 1. The molecule has 0 saturated carbocycles. The molecule has 0 bridgehead atoms. The molecule has 1 rings (SSSR count). The lowest BCUT2D eigenvalue weighted by Gasteiger charge is -2.05. The molecule has 1 aromatic rings. The summed E-state index contributed by atoms with van der Waals surface area (Å²) >= 11 is 0. The smallest absolute Gasteiger partial charge is 0.224 e. The molecule has 1 aromatic carbocycles. The number of nitrogens with one attached hydrogen (secondary N) is 1. The number of carbonyl (C=O) groups is 1. The highest BCUT2D eigenvalue weighted by Crippen LogP contribution is 2.06. The number of primary sulfonamides is 1. The van der Waals surface area contributed by atoms with E-state index in [-0.39, 0.29) is 31.0 Å². The molecule has 0 aliphatic heterocycles. The van der Waals surface area contributed by atoms with E-state index < -0.39 is 15.8 Å². The van der Waals surface area contributed by atoms with Crippen LogP contribution in [0.1, 0.15) is 12.0 Å². The number of rotatable bonds is 6. The highest BCUT2D eigenvalue weighted by molar-refractivity contribution is 7.89. The van der Waals surface area contributed by atoms with Crippen molar-refractivity contribution < 1.29 is 17.6 Å². The highest BCUT2D eigenvalue weighted by atomic mass is 32.2. The van der Waals surface area contributed by atoms with Crippen molar-refractivity contribution in [2.45, 2.75) is 12.8 Å². The number of benzene rings is 1. The summed E-state index contributed by atoms with van der Waals surface area (Å²) in [5, 5.41) is 7.31. The molecule has 0 atom stereocenters. The lowest BCUT2D eigenvalue weighted by molar-refractivity contribution is -0.120. The van der Waals surface area contributed by atoms with E-state index in [0.29, 0.717) is 5.56 Å². The predicted molar refractivity (Wildman–Crippen MR) is 65.7 cm³/mol. The molecule has 3 N–H and O–H groups in total. The van der Waals surface area contributed by atoms with Crippen molar-refractivity contribution in [2.75, 3.05) is 12.3 Å². The Morgan fingerprint density at radius 3 is 2.61 bits per heavy atom. The predicted octanol–water partition coefficient (Wildman–Crippen LogP) is 0.163. The average molecular weight is 274 g/mol. The Labute approximate surface area is 105 Å². The normalized spacial score (nSPS) is 11.2. The lowest BCUT2D eigenvalue weighted by atomic mass is 10.1. The summed E-state index contributed by atoms with van der Waals surface area (Å²) in [4.78, 5) is 11.4. The van der Waals surface area contributed by atoms with E-state index in [1.54, 1.807) is 12.1 Å². The maximum atomic E-state index is 13.2. The fourth-order valence-corrected chi connectivity index (χ4v) is 1.93. The van der Waals surface area contributed by atoms with E-state index >= 15 is 0 Å². The van der Waals surface area contributed by atoms with E-state index in [2.05, 4.69) is 5.32 Å². The molecule has 0 unspecified atom stereocenters. The van der Waals surface area contributed by atoms with Crippen LogP contribution in [0.3, 0.4) is 0 Å². The topological polar surface area (TPSA) is 89.3 Å². The molecule has 0 heterocycles.